The van der Waals surface area contributed by atoms with Crippen LogP contribution in [0.15, 0.2) is 29.2 Å². The Morgan fingerprint density at radius 2 is 1.95 bits per heavy atom. The van der Waals surface area contributed by atoms with E-state index in [2.05, 4.69) is 4.72 Å². The number of carboxylic acid groups (broad SMARTS) is 1. The smallest absolute Gasteiger partial charge is 0.338 e. The molecule has 2 rings (SSSR count). The van der Waals surface area contributed by atoms with E-state index in [1.165, 1.54) is 23.5 Å². The third-order valence-corrected chi connectivity index (χ3v) is 5.34. The summed E-state index contributed by atoms with van der Waals surface area (Å²) in [5, 5.41) is 8.84. The first-order chi connectivity index (χ1) is 9.70. The van der Waals surface area contributed by atoms with Crippen LogP contribution in [0.4, 0.5) is 10.1 Å². The van der Waals surface area contributed by atoms with Crippen LogP contribution >= 0.6 is 11.3 Å². The lowest BCUT2D eigenvalue weighted by Gasteiger charge is -2.08. The predicted octanol–water partition coefficient (Wildman–Crippen LogP) is 3.00. The fourth-order valence-corrected chi connectivity index (χ4v) is 4.44. The van der Waals surface area contributed by atoms with Gasteiger partial charge in [-0.15, -0.1) is 11.3 Å². The summed E-state index contributed by atoms with van der Waals surface area (Å²) in [4.78, 5) is 12.5. The Hall–Kier alpha value is -1.93. The maximum absolute atomic E-state index is 13.3. The molecule has 0 saturated heterocycles. The number of carbonyl (C=O) groups is 1. The summed E-state index contributed by atoms with van der Waals surface area (Å²) in [7, 11) is -3.83. The molecule has 8 heteroatoms. The molecular weight excluding hydrogens is 317 g/mol. The monoisotopic (exact) mass is 329 g/mol. The van der Waals surface area contributed by atoms with Crippen molar-refractivity contribution in [2.75, 3.05) is 4.72 Å². The Bertz CT molecular complexity index is 812. The van der Waals surface area contributed by atoms with Crippen LogP contribution in [-0.4, -0.2) is 19.5 Å². The van der Waals surface area contributed by atoms with Crippen molar-refractivity contribution in [2.45, 2.75) is 18.7 Å². The van der Waals surface area contributed by atoms with Gasteiger partial charge in [-0.3, -0.25) is 4.72 Å². The molecule has 0 aliphatic heterocycles. The second-order valence-electron chi connectivity index (χ2n) is 4.38. The van der Waals surface area contributed by atoms with Crippen molar-refractivity contribution in [3.05, 3.63) is 45.4 Å². The van der Waals surface area contributed by atoms with Gasteiger partial charge in [0.1, 0.15) is 10.7 Å². The van der Waals surface area contributed by atoms with Crippen molar-refractivity contribution in [1.82, 2.24) is 0 Å². The van der Waals surface area contributed by atoms with Crippen LogP contribution in [-0.2, 0) is 10.0 Å². The number of anilines is 1. The van der Waals surface area contributed by atoms with Gasteiger partial charge in [-0.2, -0.15) is 0 Å². The number of carboxylic acids is 1. The van der Waals surface area contributed by atoms with Gasteiger partial charge in [0.05, 0.1) is 5.56 Å². The highest BCUT2D eigenvalue weighted by Crippen LogP contribution is 2.27. The van der Waals surface area contributed by atoms with Gasteiger partial charge in [0.15, 0.2) is 0 Å². The minimum atomic E-state index is -3.83. The van der Waals surface area contributed by atoms with Gasteiger partial charge in [-0.05, 0) is 38.1 Å². The first kappa shape index (κ1) is 15.5. The summed E-state index contributed by atoms with van der Waals surface area (Å²) in [6, 6.07) is 4.56. The Morgan fingerprint density at radius 1 is 1.29 bits per heavy atom. The summed E-state index contributed by atoms with van der Waals surface area (Å²) in [5.74, 6) is -2.39. The SMILES string of the molecule is Cc1cc(S(=O)(=O)Nc2ccc(F)c(C(=O)O)c2)c(C)s1. The van der Waals surface area contributed by atoms with E-state index in [0.29, 0.717) is 4.88 Å². The highest BCUT2D eigenvalue weighted by molar-refractivity contribution is 7.93. The van der Waals surface area contributed by atoms with E-state index in [-0.39, 0.29) is 10.6 Å². The highest BCUT2D eigenvalue weighted by atomic mass is 32.2. The number of halogens is 1. The molecule has 1 aromatic heterocycles. The third-order valence-electron chi connectivity index (χ3n) is 2.73. The molecule has 0 aliphatic carbocycles. The van der Waals surface area contributed by atoms with Gasteiger partial charge in [0.25, 0.3) is 10.0 Å². The number of thiophene rings is 1. The molecule has 0 unspecified atom stereocenters. The molecule has 0 atom stereocenters. The second-order valence-corrected chi connectivity index (χ2v) is 7.49. The third kappa shape index (κ3) is 3.22. The molecule has 0 saturated carbocycles. The highest BCUT2D eigenvalue weighted by Gasteiger charge is 2.20. The largest absolute Gasteiger partial charge is 0.478 e. The van der Waals surface area contributed by atoms with Crippen LogP contribution in [0.3, 0.4) is 0 Å². The lowest BCUT2D eigenvalue weighted by Crippen LogP contribution is -2.14. The Labute approximate surface area is 125 Å². The molecule has 0 fully saturated rings. The molecule has 2 N–H and O–H groups in total. The zero-order valence-corrected chi connectivity index (χ0v) is 12.8. The van der Waals surface area contributed by atoms with E-state index >= 15 is 0 Å². The van der Waals surface area contributed by atoms with Crippen LogP contribution in [0, 0.1) is 19.7 Å². The summed E-state index contributed by atoms with van der Waals surface area (Å²) in [6.45, 7) is 3.47. The molecular formula is C13H12FNO4S2. The number of rotatable bonds is 4. The van der Waals surface area contributed by atoms with Crippen LogP contribution in [0.5, 0.6) is 0 Å². The van der Waals surface area contributed by atoms with Gasteiger partial charge in [0.2, 0.25) is 0 Å². The van der Waals surface area contributed by atoms with Crippen molar-refractivity contribution in [2.24, 2.45) is 0 Å². The fourth-order valence-electron chi connectivity index (χ4n) is 1.84. The number of hydrogen-bond acceptors (Lipinski definition) is 4. The first-order valence-electron chi connectivity index (χ1n) is 5.83. The molecule has 5 nitrogen and oxygen atoms in total. The molecule has 0 radical (unpaired) electrons. The van der Waals surface area contributed by atoms with Crippen LogP contribution in [0.25, 0.3) is 0 Å². The number of sulfonamides is 1. The molecule has 21 heavy (non-hydrogen) atoms. The topological polar surface area (TPSA) is 83.5 Å². The molecule has 0 amide bonds. The maximum atomic E-state index is 13.3. The van der Waals surface area contributed by atoms with Crippen LogP contribution in [0.2, 0.25) is 0 Å². The van der Waals surface area contributed by atoms with Crippen molar-refractivity contribution < 1.29 is 22.7 Å². The van der Waals surface area contributed by atoms with E-state index in [0.717, 1.165) is 17.0 Å². The molecule has 0 bridgehead atoms. The normalized spacial score (nSPS) is 11.4. The van der Waals surface area contributed by atoms with E-state index in [1.807, 2.05) is 0 Å². The lowest BCUT2D eigenvalue weighted by atomic mass is 10.2. The molecule has 2 aromatic rings. The van der Waals surface area contributed by atoms with E-state index < -0.39 is 27.4 Å². The second kappa shape index (κ2) is 5.45. The minimum Gasteiger partial charge on any atom is -0.478 e. The van der Waals surface area contributed by atoms with E-state index in [1.54, 1.807) is 13.8 Å². The predicted molar refractivity (Wildman–Crippen MR) is 78.0 cm³/mol. The van der Waals surface area contributed by atoms with Crippen molar-refractivity contribution in [3.8, 4) is 0 Å². The van der Waals surface area contributed by atoms with Crippen molar-refractivity contribution in [3.63, 3.8) is 0 Å². The minimum absolute atomic E-state index is 0.00273. The summed E-state index contributed by atoms with van der Waals surface area (Å²) in [5.41, 5.74) is -0.592. The van der Waals surface area contributed by atoms with Gasteiger partial charge in [-0.25, -0.2) is 17.6 Å². The Morgan fingerprint density at radius 3 is 2.48 bits per heavy atom. The number of hydrogen-bond donors (Lipinski definition) is 2. The summed E-state index contributed by atoms with van der Waals surface area (Å²) < 4.78 is 40.1. The van der Waals surface area contributed by atoms with Gasteiger partial charge >= 0.3 is 5.97 Å². The molecule has 1 heterocycles. The van der Waals surface area contributed by atoms with E-state index in [9.17, 15) is 17.6 Å². The number of nitrogens with one attached hydrogen (secondary N) is 1. The Balaban J connectivity index is 2.40. The standard InChI is InChI=1S/C13H12FNO4S2/c1-7-5-12(8(2)20-7)21(18,19)15-9-3-4-11(14)10(6-9)13(16)17/h3-6,15H,1-2H3,(H,16,17). The quantitative estimate of drug-likeness (QED) is 0.903. The number of aromatic carboxylic acids is 1. The average molecular weight is 329 g/mol. The van der Waals surface area contributed by atoms with E-state index in [4.69, 9.17) is 5.11 Å². The maximum Gasteiger partial charge on any atom is 0.338 e. The Kier molecular flexibility index (Phi) is 4.02. The van der Waals surface area contributed by atoms with Gasteiger partial charge < -0.3 is 5.11 Å². The van der Waals surface area contributed by atoms with Crippen LogP contribution in [0.1, 0.15) is 20.1 Å². The molecule has 0 aliphatic rings. The zero-order chi connectivity index (χ0) is 15.8. The van der Waals surface area contributed by atoms with Gasteiger partial charge in [0, 0.05) is 15.4 Å². The van der Waals surface area contributed by atoms with Crippen molar-refractivity contribution in [1.29, 1.82) is 0 Å². The van der Waals surface area contributed by atoms with Crippen LogP contribution < -0.4 is 4.72 Å². The molecule has 1 aromatic carbocycles. The zero-order valence-electron chi connectivity index (χ0n) is 11.2. The number of aryl methyl sites for hydroxylation is 2. The summed E-state index contributed by atoms with van der Waals surface area (Å²) >= 11 is 1.34. The first-order valence-corrected chi connectivity index (χ1v) is 8.13. The van der Waals surface area contributed by atoms with Crippen molar-refractivity contribution >= 4 is 33.0 Å². The fraction of sp³-hybridized carbons (Fsp3) is 0.154. The average Bonchev–Trinajstić information content (AvgIpc) is 2.71. The molecule has 112 valence electrons. The summed E-state index contributed by atoms with van der Waals surface area (Å²) in [6.07, 6.45) is 0. The van der Waals surface area contributed by atoms with Gasteiger partial charge in [-0.1, -0.05) is 0 Å². The number of benzene rings is 1. The lowest BCUT2D eigenvalue weighted by molar-refractivity contribution is 0.0692. The molecule has 0 spiro atoms.